The number of aryl methyl sites for hydroxylation is 2. The van der Waals surface area contributed by atoms with E-state index in [9.17, 15) is 4.39 Å². The molecular formula is C23H30FN6+. The van der Waals surface area contributed by atoms with Gasteiger partial charge < -0.3 is 9.80 Å². The molecule has 0 bridgehead atoms. The minimum absolute atomic E-state index is 0.143. The molecule has 0 unspecified atom stereocenters. The molecule has 6 nitrogen and oxygen atoms in total. The van der Waals surface area contributed by atoms with Gasteiger partial charge in [-0.15, -0.1) is 5.10 Å². The molecule has 2 heterocycles. The largest absolute Gasteiger partial charge is 0.358 e. The topological polar surface area (TPSA) is 51.3 Å². The Hall–Kier alpha value is -2.80. The first-order valence-corrected chi connectivity index (χ1v) is 10.9. The Labute approximate surface area is 177 Å². The molecule has 1 N–H and O–H groups in total. The molecular weight excluding hydrogens is 379 g/mol. The monoisotopic (exact) mass is 409 g/mol. The summed E-state index contributed by atoms with van der Waals surface area (Å²) in [7, 11) is 0. The highest BCUT2D eigenvalue weighted by Gasteiger charge is 2.32. The molecule has 1 aliphatic heterocycles. The maximum atomic E-state index is 14.2. The van der Waals surface area contributed by atoms with Crippen LogP contribution in [0.15, 0.2) is 54.6 Å². The van der Waals surface area contributed by atoms with Gasteiger partial charge in [0, 0.05) is 13.0 Å². The van der Waals surface area contributed by atoms with Crippen LogP contribution in [0.25, 0.3) is 0 Å². The van der Waals surface area contributed by atoms with Crippen LogP contribution < -0.4 is 9.80 Å². The van der Waals surface area contributed by atoms with Crippen LogP contribution in [0.1, 0.15) is 37.2 Å². The van der Waals surface area contributed by atoms with E-state index in [4.69, 9.17) is 0 Å². The molecule has 1 atom stereocenters. The van der Waals surface area contributed by atoms with E-state index in [1.165, 1.54) is 16.5 Å². The van der Waals surface area contributed by atoms with Crippen LogP contribution in [-0.4, -0.2) is 46.4 Å². The summed E-state index contributed by atoms with van der Waals surface area (Å²) in [5.74, 6) is 0.832. The van der Waals surface area contributed by atoms with Gasteiger partial charge in [0.05, 0.1) is 31.9 Å². The van der Waals surface area contributed by atoms with Crippen molar-refractivity contribution >= 4 is 5.69 Å². The van der Waals surface area contributed by atoms with E-state index in [1.54, 1.807) is 6.07 Å². The number of nitrogens with zero attached hydrogens (tertiary/aromatic N) is 5. The Bertz CT molecular complexity index is 920. The van der Waals surface area contributed by atoms with Crippen molar-refractivity contribution in [2.75, 3.05) is 31.1 Å². The zero-order valence-electron chi connectivity index (χ0n) is 17.5. The predicted octanol–water partition coefficient (Wildman–Crippen LogP) is 2.30. The lowest BCUT2D eigenvalue weighted by Gasteiger charge is -2.37. The minimum Gasteiger partial charge on any atom is -0.358 e. The van der Waals surface area contributed by atoms with Crippen LogP contribution in [0.2, 0.25) is 0 Å². The fraction of sp³-hybridized carbons (Fsp3) is 0.435. The van der Waals surface area contributed by atoms with Gasteiger partial charge in [-0.1, -0.05) is 55.8 Å². The Morgan fingerprint density at radius 1 is 1.03 bits per heavy atom. The highest BCUT2D eigenvalue weighted by molar-refractivity contribution is 5.47. The molecule has 0 amide bonds. The van der Waals surface area contributed by atoms with Gasteiger partial charge in [0.25, 0.3) is 0 Å². The van der Waals surface area contributed by atoms with E-state index in [0.29, 0.717) is 5.69 Å². The summed E-state index contributed by atoms with van der Waals surface area (Å²) < 4.78 is 16.1. The van der Waals surface area contributed by atoms with E-state index in [2.05, 4.69) is 51.6 Å². The molecule has 7 heteroatoms. The molecule has 1 saturated heterocycles. The maximum Gasteiger partial charge on any atom is 0.209 e. The fourth-order valence-electron chi connectivity index (χ4n) is 4.40. The molecule has 0 aliphatic carbocycles. The Morgan fingerprint density at radius 3 is 2.50 bits per heavy atom. The van der Waals surface area contributed by atoms with E-state index >= 15 is 0 Å². The van der Waals surface area contributed by atoms with Crippen LogP contribution in [0.3, 0.4) is 0 Å². The quantitative estimate of drug-likeness (QED) is 0.620. The summed E-state index contributed by atoms with van der Waals surface area (Å²) in [6, 6.07) is 17.8. The van der Waals surface area contributed by atoms with Crippen LogP contribution >= 0.6 is 0 Å². The van der Waals surface area contributed by atoms with Crippen LogP contribution in [0, 0.1) is 5.82 Å². The number of aromatic nitrogens is 4. The number of hydrogen-bond acceptors (Lipinski definition) is 4. The molecule has 1 fully saturated rings. The van der Waals surface area contributed by atoms with Crippen molar-refractivity contribution in [1.82, 2.24) is 20.2 Å². The molecule has 0 spiro atoms. The second-order valence-electron chi connectivity index (χ2n) is 7.93. The fourth-order valence-corrected chi connectivity index (χ4v) is 4.40. The second-order valence-corrected chi connectivity index (χ2v) is 7.93. The van der Waals surface area contributed by atoms with Gasteiger partial charge in [-0.05, 0) is 34.5 Å². The minimum atomic E-state index is -0.143. The van der Waals surface area contributed by atoms with Crippen LogP contribution in [0.4, 0.5) is 10.1 Å². The summed E-state index contributed by atoms with van der Waals surface area (Å²) in [5, 5.41) is 12.7. The molecule has 158 valence electrons. The summed E-state index contributed by atoms with van der Waals surface area (Å²) >= 11 is 0. The summed E-state index contributed by atoms with van der Waals surface area (Å²) in [6.07, 6.45) is 3.03. The Balaban J connectivity index is 1.44. The van der Waals surface area contributed by atoms with E-state index in [0.717, 1.165) is 57.8 Å². The SMILES string of the molecule is CCC[C@H](c1nnnn1CCc1ccccc1)[NH+]1CCN(c2ccccc2F)CC1. The van der Waals surface area contributed by atoms with Gasteiger partial charge in [-0.25, -0.2) is 9.07 Å². The highest BCUT2D eigenvalue weighted by Crippen LogP contribution is 2.19. The summed E-state index contributed by atoms with van der Waals surface area (Å²) in [5.41, 5.74) is 1.99. The predicted molar refractivity (Wildman–Crippen MR) is 115 cm³/mol. The normalized spacial score (nSPS) is 16.0. The van der Waals surface area contributed by atoms with Gasteiger partial charge >= 0.3 is 0 Å². The first kappa shape index (κ1) is 20.5. The van der Waals surface area contributed by atoms with E-state index in [1.807, 2.05) is 22.9 Å². The lowest BCUT2D eigenvalue weighted by atomic mass is 10.1. The number of tetrazole rings is 1. The van der Waals surface area contributed by atoms with Crippen molar-refractivity contribution in [3.8, 4) is 0 Å². The van der Waals surface area contributed by atoms with Gasteiger partial charge in [-0.2, -0.15) is 0 Å². The summed E-state index contributed by atoms with van der Waals surface area (Å²) in [4.78, 5) is 3.64. The first-order chi connectivity index (χ1) is 14.8. The van der Waals surface area contributed by atoms with Crippen molar-refractivity contribution in [1.29, 1.82) is 0 Å². The lowest BCUT2D eigenvalue weighted by Crippen LogP contribution is -3.15. The maximum absolute atomic E-state index is 14.2. The third-order valence-corrected chi connectivity index (χ3v) is 6.00. The number of nitrogens with one attached hydrogen (secondary N) is 1. The Morgan fingerprint density at radius 2 is 1.77 bits per heavy atom. The number of rotatable bonds is 8. The zero-order valence-corrected chi connectivity index (χ0v) is 17.5. The second kappa shape index (κ2) is 9.80. The number of benzene rings is 2. The molecule has 2 aromatic carbocycles. The van der Waals surface area contributed by atoms with Gasteiger partial charge in [0.1, 0.15) is 11.9 Å². The van der Waals surface area contributed by atoms with E-state index in [-0.39, 0.29) is 11.9 Å². The van der Waals surface area contributed by atoms with Gasteiger partial charge in [0.15, 0.2) is 0 Å². The average molecular weight is 410 g/mol. The number of halogens is 1. The number of quaternary nitrogens is 1. The van der Waals surface area contributed by atoms with Crippen LogP contribution in [0.5, 0.6) is 0 Å². The zero-order chi connectivity index (χ0) is 20.8. The Kier molecular flexibility index (Phi) is 6.69. The van der Waals surface area contributed by atoms with Crippen molar-refractivity contribution in [2.24, 2.45) is 0 Å². The number of anilines is 1. The number of piperazine rings is 1. The third kappa shape index (κ3) is 4.67. The number of hydrogen-bond donors (Lipinski definition) is 1. The smallest absolute Gasteiger partial charge is 0.209 e. The van der Waals surface area contributed by atoms with E-state index < -0.39 is 0 Å². The van der Waals surface area contributed by atoms with Gasteiger partial charge in [-0.3, -0.25) is 0 Å². The van der Waals surface area contributed by atoms with Crippen molar-refractivity contribution in [3.63, 3.8) is 0 Å². The standard InChI is InChI=1S/C23H29FN6/c1-2-8-22(23-25-26-27-30(23)14-13-19-9-4-3-5-10-19)29-17-15-28(16-18-29)21-12-7-6-11-20(21)24/h3-7,9-12,22H,2,8,13-18H2,1H3/p+1/t22-/m1/s1. The molecule has 1 aromatic heterocycles. The van der Waals surface area contributed by atoms with Crippen LogP contribution in [-0.2, 0) is 13.0 Å². The molecule has 3 aromatic rings. The third-order valence-electron chi connectivity index (χ3n) is 6.00. The molecule has 0 saturated carbocycles. The lowest BCUT2D eigenvalue weighted by molar-refractivity contribution is -0.933. The molecule has 4 rings (SSSR count). The van der Waals surface area contributed by atoms with Crippen molar-refractivity contribution in [3.05, 3.63) is 71.8 Å². The van der Waals surface area contributed by atoms with Crippen molar-refractivity contribution < 1.29 is 9.29 Å². The summed E-state index contributed by atoms with van der Waals surface area (Å²) in [6.45, 7) is 6.56. The highest BCUT2D eigenvalue weighted by atomic mass is 19.1. The molecule has 0 radical (unpaired) electrons. The average Bonchev–Trinajstić information content (AvgIpc) is 3.26. The van der Waals surface area contributed by atoms with Gasteiger partial charge in [0.2, 0.25) is 5.82 Å². The molecule has 30 heavy (non-hydrogen) atoms. The van der Waals surface area contributed by atoms with Crippen molar-refractivity contribution in [2.45, 2.75) is 38.8 Å². The molecule has 1 aliphatic rings. The number of para-hydroxylation sites is 1. The first-order valence-electron chi connectivity index (χ1n) is 10.9.